The van der Waals surface area contributed by atoms with Gasteiger partial charge in [0, 0.05) is 25.2 Å². The van der Waals surface area contributed by atoms with E-state index in [-0.39, 0.29) is 6.03 Å². The lowest BCUT2D eigenvalue weighted by Gasteiger charge is -2.12. The summed E-state index contributed by atoms with van der Waals surface area (Å²) in [5.41, 5.74) is 0.824. The van der Waals surface area contributed by atoms with Crippen LogP contribution in [0.15, 0.2) is 24.4 Å². The van der Waals surface area contributed by atoms with Crippen molar-refractivity contribution in [3.63, 3.8) is 0 Å². The Kier molecular flexibility index (Phi) is 5.10. The number of carbonyl (C=O) groups is 1. The molecule has 7 heteroatoms. The van der Waals surface area contributed by atoms with Crippen LogP contribution in [0.5, 0.6) is 0 Å². The summed E-state index contributed by atoms with van der Waals surface area (Å²) in [6, 6.07) is 5.53. The Balaban J connectivity index is 1.79. The molecule has 2 amide bonds. The highest BCUT2D eigenvalue weighted by molar-refractivity contribution is 7.11. The first kappa shape index (κ1) is 15.2. The number of pyridine rings is 1. The maximum Gasteiger partial charge on any atom is 0.315 e. The van der Waals surface area contributed by atoms with Gasteiger partial charge in [-0.15, -0.1) is 11.3 Å². The van der Waals surface area contributed by atoms with E-state index in [1.807, 2.05) is 44.1 Å². The van der Waals surface area contributed by atoms with E-state index in [1.54, 1.807) is 17.5 Å². The SMILES string of the molecule is Cc1ncc(CNC(=O)NCc2cccc(N(C)C)n2)s1. The van der Waals surface area contributed by atoms with Gasteiger partial charge in [-0.2, -0.15) is 0 Å². The highest BCUT2D eigenvalue weighted by Crippen LogP contribution is 2.10. The molecule has 0 bridgehead atoms. The normalized spacial score (nSPS) is 10.2. The predicted octanol–water partition coefficient (Wildman–Crippen LogP) is 1.91. The fourth-order valence-corrected chi connectivity index (χ4v) is 2.44. The molecular formula is C14H19N5OS. The average Bonchev–Trinajstić information content (AvgIpc) is 2.89. The number of anilines is 1. The van der Waals surface area contributed by atoms with Crippen LogP contribution in [0.25, 0.3) is 0 Å². The van der Waals surface area contributed by atoms with Crippen molar-refractivity contribution in [2.24, 2.45) is 0 Å². The van der Waals surface area contributed by atoms with Gasteiger partial charge in [0.2, 0.25) is 0 Å². The van der Waals surface area contributed by atoms with Gasteiger partial charge in [-0.25, -0.2) is 14.8 Å². The van der Waals surface area contributed by atoms with E-state index in [0.29, 0.717) is 13.1 Å². The Morgan fingerprint density at radius 3 is 2.71 bits per heavy atom. The minimum absolute atomic E-state index is 0.210. The number of hydrogen-bond acceptors (Lipinski definition) is 5. The molecule has 0 aliphatic rings. The second-order valence-corrected chi connectivity index (χ2v) is 6.08. The topological polar surface area (TPSA) is 70.2 Å². The van der Waals surface area contributed by atoms with Crippen molar-refractivity contribution < 1.29 is 4.79 Å². The summed E-state index contributed by atoms with van der Waals surface area (Å²) < 4.78 is 0. The van der Waals surface area contributed by atoms with Crippen molar-refractivity contribution in [1.29, 1.82) is 0 Å². The first-order valence-electron chi connectivity index (χ1n) is 6.61. The summed E-state index contributed by atoms with van der Waals surface area (Å²) in [6.45, 7) is 2.83. The molecule has 2 aromatic heterocycles. The second-order valence-electron chi connectivity index (χ2n) is 4.76. The van der Waals surface area contributed by atoms with Crippen molar-refractivity contribution in [2.45, 2.75) is 20.0 Å². The van der Waals surface area contributed by atoms with Gasteiger partial charge in [-0.05, 0) is 19.1 Å². The number of aromatic nitrogens is 2. The molecule has 6 nitrogen and oxygen atoms in total. The smallest absolute Gasteiger partial charge is 0.315 e. The molecule has 0 saturated carbocycles. The number of nitrogens with one attached hydrogen (secondary N) is 2. The molecule has 112 valence electrons. The standard InChI is InChI=1S/C14H19N5OS/c1-10-15-8-12(21-10)9-17-14(20)16-7-11-5-4-6-13(18-11)19(2)3/h4-6,8H,7,9H2,1-3H3,(H2,16,17,20). The van der Waals surface area contributed by atoms with Gasteiger partial charge >= 0.3 is 6.03 Å². The highest BCUT2D eigenvalue weighted by atomic mass is 32.1. The Labute approximate surface area is 128 Å². The average molecular weight is 305 g/mol. The molecule has 0 aromatic carbocycles. The zero-order valence-electron chi connectivity index (χ0n) is 12.4. The lowest BCUT2D eigenvalue weighted by molar-refractivity contribution is 0.240. The number of amides is 2. The van der Waals surface area contributed by atoms with E-state index in [4.69, 9.17) is 0 Å². The number of rotatable bonds is 5. The summed E-state index contributed by atoms with van der Waals surface area (Å²) in [6.07, 6.45) is 1.78. The van der Waals surface area contributed by atoms with Crippen LogP contribution in [0.1, 0.15) is 15.6 Å². The van der Waals surface area contributed by atoms with Gasteiger partial charge in [0.1, 0.15) is 5.82 Å². The Bertz CT molecular complexity index is 611. The van der Waals surface area contributed by atoms with E-state index in [9.17, 15) is 4.79 Å². The molecule has 0 unspecified atom stereocenters. The van der Waals surface area contributed by atoms with E-state index >= 15 is 0 Å². The molecule has 0 atom stereocenters. The van der Waals surface area contributed by atoms with E-state index in [2.05, 4.69) is 20.6 Å². The lowest BCUT2D eigenvalue weighted by atomic mass is 10.3. The Morgan fingerprint density at radius 2 is 2.05 bits per heavy atom. The maximum atomic E-state index is 11.7. The molecule has 2 N–H and O–H groups in total. The molecule has 0 fully saturated rings. The minimum atomic E-state index is -0.210. The third-order valence-electron chi connectivity index (χ3n) is 2.77. The van der Waals surface area contributed by atoms with Gasteiger partial charge < -0.3 is 15.5 Å². The monoisotopic (exact) mass is 305 g/mol. The molecule has 2 aromatic rings. The van der Waals surface area contributed by atoms with Crippen LogP contribution < -0.4 is 15.5 Å². The number of aryl methyl sites for hydroxylation is 1. The molecular weight excluding hydrogens is 286 g/mol. The number of thiazole rings is 1. The summed E-state index contributed by atoms with van der Waals surface area (Å²) in [4.78, 5) is 23.3. The molecule has 0 spiro atoms. The third-order valence-corrected chi connectivity index (χ3v) is 3.69. The number of urea groups is 1. The largest absolute Gasteiger partial charge is 0.363 e. The summed E-state index contributed by atoms with van der Waals surface area (Å²) in [5, 5.41) is 6.59. The number of nitrogens with zero attached hydrogens (tertiary/aromatic N) is 3. The predicted molar refractivity (Wildman–Crippen MR) is 84.5 cm³/mol. The molecule has 2 rings (SSSR count). The van der Waals surface area contributed by atoms with Crippen LogP contribution in [-0.2, 0) is 13.1 Å². The van der Waals surface area contributed by atoms with Crippen molar-refractivity contribution in [3.8, 4) is 0 Å². The maximum absolute atomic E-state index is 11.7. The van der Waals surface area contributed by atoms with Crippen molar-refractivity contribution in [2.75, 3.05) is 19.0 Å². The van der Waals surface area contributed by atoms with Crippen LogP contribution in [-0.4, -0.2) is 30.1 Å². The van der Waals surface area contributed by atoms with Crippen LogP contribution >= 0.6 is 11.3 Å². The third kappa shape index (κ3) is 4.71. The molecule has 2 heterocycles. The zero-order valence-corrected chi connectivity index (χ0v) is 13.2. The molecule has 21 heavy (non-hydrogen) atoms. The highest BCUT2D eigenvalue weighted by Gasteiger charge is 2.04. The van der Waals surface area contributed by atoms with Crippen LogP contribution in [0.2, 0.25) is 0 Å². The van der Waals surface area contributed by atoms with E-state index in [0.717, 1.165) is 21.4 Å². The van der Waals surface area contributed by atoms with Crippen molar-refractivity contribution in [1.82, 2.24) is 20.6 Å². The van der Waals surface area contributed by atoms with Crippen molar-refractivity contribution >= 4 is 23.2 Å². The fraction of sp³-hybridized carbons (Fsp3) is 0.357. The number of carbonyl (C=O) groups excluding carboxylic acids is 1. The molecule has 0 saturated heterocycles. The first-order chi connectivity index (χ1) is 10.0. The molecule has 0 radical (unpaired) electrons. The minimum Gasteiger partial charge on any atom is -0.363 e. The zero-order chi connectivity index (χ0) is 15.2. The number of hydrogen-bond donors (Lipinski definition) is 2. The second kappa shape index (κ2) is 7.03. The van der Waals surface area contributed by atoms with Crippen LogP contribution in [0.4, 0.5) is 10.6 Å². The Hall–Kier alpha value is -2.15. The van der Waals surface area contributed by atoms with Gasteiger partial charge in [0.15, 0.2) is 0 Å². The van der Waals surface area contributed by atoms with Crippen molar-refractivity contribution in [3.05, 3.63) is 40.0 Å². The molecule has 0 aliphatic carbocycles. The Morgan fingerprint density at radius 1 is 1.29 bits per heavy atom. The summed E-state index contributed by atoms with van der Waals surface area (Å²) in [5.74, 6) is 0.870. The van der Waals surface area contributed by atoms with Gasteiger partial charge in [-0.1, -0.05) is 6.07 Å². The van der Waals surface area contributed by atoms with Gasteiger partial charge in [0.25, 0.3) is 0 Å². The fourth-order valence-electron chi connectivity index (χ4n) is 1.70. The van der Waals surface area contributed by atoms with E-state index < -0.39 is 0 Å². The van der Waals surface area contributed by atoms with E-state index in [1.165, 1.54) is 0 Å². The summed E-state index contributed by atoms with van der Waals surface area (Å²) >= 11 is 1.58. The van der Waals surface area contributed by atoms with Crippen LogP contribution in [0.3, 0.4) is 0 Å². The molecule has 0 aliphatic heterocycles. The first-order valence-corrected chi connectivity index (χ1v) is 7.42. The van der Waals surface area contributed by atoms with Crippen LogP contribution in [0, 0.1) is 6.92 Å². The summed E-state index contributed by atoms with van der Waals surface area (Å²) in [7, 11) is 3.87. The van der Waals surface area contributed by atoms with Gasteiger partial charge in [0.05, 0.1) is 23.8 Å². The van der Waals surface area contributed by atoms with Gasteiger partial charge in [-0.3, -0.25) is 0 Å². The lowest BCUT2D eigenvalue weighted by Crippen LogP contribution is -2.34. The quantitative estimate of drug-likeness (QED) is 0.885.